The summed E-state index contributed by atoms with van der Waals surface area (Å²) in [6.07, 6.45) is 2.65. The molecule has 0 amide bonds. The van der Waals surface area contributed by atoms with Crippen molar-refractivity contribution in [3.05, 3.63) is 0 Å². The normalized spacial score (nSPS) is 21.8. The molecular weight excluding hydrogens is 154 g/mol. The second kappa shape index (κ2) is 3.90. The van der Waals surface area contributed by atoms with Gasteiger partial charge in [0.15, 0.2) is 0 Å². The molecular formula is C9H17NO2. The van der Waals surface area contributed by atoms with E-state index in [4.69, 9.17) is 5.11 Å². The number of carboxylic acids is 1. The first-order chi connectivity index (χ1) is 5.61. The monoisotopic (exact) mass is 171 g/mol. The fraction of sp³-hybridized carbons (Fsp3) is 0.889. The topological polar surface area (TPSA) is 49.3 Å². The van der Waals surface area contributed by atoms with Crippen LogP contribution in [0.15, 0.2) is 0 Å². The molecule has 0 heterocycles. The van der Waals surface area contributed by atoms with Gasteiger partial charge in [-0.2, -0.15) is 0 Å². The maximum atomic E-state index is 10.4. The molecule has 0 aromatic heterocycles. The molecule has 0 aliphatic heterocycles. The molecule has 12 heavy (non-hydrogen) atoms. The van der Waals surface area contributed by atoms with Gasteiger partial charge in [-0.15, -0.1) is 0 Å². The van der Waals surface area contributed by atoms with Gasteiger partial charge in [0.1, 0.15) is 6.04 Å². The van der Waals surface area contributed by atoms with E-state index in [1.54, 1.807) is 6.92 Å². The second-order valence-corrected chi connectivity index (χ2v) is 3.78. The summed E-state index contributed by atoms with van der Waals surface area (Å²) >= 11 is 0. The van der Waals surface area contributed by atoms with Crippen LogP contribution in [0, 0.1) is 11.8 Å². The van der Waals surface area contributed by atoms with Gasteiger partial charge in [-0.05, 0) is 38.1 Å². The lowest BCUT2D eigenvalue weighted by Gasteiger charge is -2.13. The summed E-state index contributed by atoms with van der Waals surface area (Å²) in [7, 11) is 0. The molecule has 0 saturated heterocycles. The Balaban J connectivity index is 2.11. The zero-order chi connectivity index (χ0) is 9.14. The summed E-state index contributed by atoms with van der Waals surface area (Å²) < 4.78 is 0. The van der Waals surface area contributed by atoms with Crippen molar-refractivity contribution in [1.29, 1.82) is 0 Å². The first-order valence-electron chi connectivity index (χ1n) is 4.57. The van der Waals surface area contributed by atoms with Crippen LogP contribution < -0.4 is 5.32 Å². The van der Waals surface area contributed by atoms with E-state index < -0.39 is 12.0 Å². The lowest BCUT2D eigenvalue weighted by atomic mass is 10.1. The van der Waals surface area contributed by atoms with Crippen LogP contribution in [0.4, 0.5) is 0 Å². The Bertz CT molecular complexity index is 166. The molecule has 1 fully saturated rings. The molecule has 0 aromatic carbocycles. The molecule has 1 saturated carbocycles. The van der Waals surface area contributed by atoms with Crippen LogP contribution in [-0.4, -0.2) is 23.7 Å². The van der Waals surface area contributed by atoms with Gasteiger partial charge in [-0.1, -0.05) is 6.92 Å². The Morgan fingerprint density at radius 3 is 2.58 bits per heavy atom. The lowest BCUT2D eigenvalue weighted by molar-refractivity contribution is -0.139. The van der Waals surface area contributed by atoms with E-state index in [0.29, 0.717) is 5.92 Å². The Morgan fingerprint density at radius 1 is 1.58 bits per heavy atom. The number of nitrogens with one attached hydrogen (secondary N) is 1. The van der Waals surface area contributed by atoms with Crippen molar-refractivity contribution in [2.75, 3.05) is 6.54 Å². The Labute approximate surface area is 73.2 Å². The van der Waals surface area contributed by atoms with E-state index in [1.807, 2.05) is 0 Å². The molecule has 1 aliphatic carbocycles. The van der Waals surface area contributed by atoms with Crippen molar-refractivity contribution in [1.82, 2.24) is 5.32 Å². The summed E-state index contributed by atoms with van der Waals surface area (Å²) in [5.74, 6) is 0.711. The van der Waals surface area contributed by atoms with Crippen LogP contribution in [-0.2, 0) is 4.79 Å². The highest BCUT2D eigenvalue weighted by atomic mass is 16.4. The van der Waals surface area contributed by atoms with Crippen molar-refractivity contribution in [3.8, 4) is 0 Å². The average molecular weight is 171 g/mol. The van der Waals surface area contributed by atoms with Crippen molar-refractivity contribution in [2.45, 2.75) is 32.7 Å². The number of rotatable bonds is 5. The smallest absolute Gasteiger partial charge is 0.320 e. The van der Waals surface area contributed by atoms with Gasteiger partial charge in [0.25, 0.3) is 0 Å². The van der Waals surface area contributed by atoms with Crippen LogP contribution in [0.1, 0.15) is 26.7 Å². The van der Waals surface area contributed by atoms with Crippen LogP contribution in [0.25, 0.3) is 0 Å². The first kappa shape index (κ1) is 9.52. The molecule has 0 spiro atoms. The van der Waals surface area contributed by atoms with E-state index in [9.17, 15) is 4.79 Å². The predicted octanol–water partition coefficient (Wildman–Crippen LogP) is 1.10. The van der Waals surface area contributed by atoms with E-state index in [2.05, 4.69) is 12.2 Å². The Kier molecular flexibility index (Phi) is 3.09. The molecule has 2 unspecified atom stereocenters. The van der Waals surface area contributed by atoms with E-state index in [-0.39, 0.29) is 0 Å². The van der Waals surface area contributed by atoms with Gasteiger partial charge >= 0.3 is 5.97 Å². The molecule has 2 N–H and O–H groups in total. The molecule has 3 nitrogen and oxygen atoms in total. The minimum atomic E-state index is -0.766. The summed E-state index contributed by atoms with van der Waals surface area (Å²) in [6.45, 7) is 4.69. The highest BCUT2D eigenvalue weighted by Crippen LogP contribution is 2.36. The average Bonchev–Trinajstić information content (AvgIpc) is 2.81. The minimum absolute atomic E-state index is 0.411. The third-order valence-electron chi connectivity index (χ3n) is 2.54. The highest BCUT2D eigenvalue weighted by molar-refractivity contribution is 5.72. The minimum Gasteiger partial charge on any atom is -0.480 e. The van der Waals surface area contributed by atoms with Crippen molar-refractivity contribution < 1.29 is 9.90 Å². The Hall–Kier alpha value is -0.570. The van der Waals surface area contributed by atoms with Gasteiger partial charge in [-0.25, -0.2) is 0 Å². The van der Waals surface area contributed by atoms with E-state index in [1.165, 1.54) is 12.8 Å². The number of carboxylic acid groups (broad SMARTS) is 1. The Morgan fingerprint density at radius 2 is 2.17 bits per heavy atom. The number of carbonyl (C=O) groups is 1. The SMILES string of the molecule is CC(NCC(C)C1CC1)C(=O)O. The van der Waals surface area contributed by atoms with Crippen LogP contribution in [0.3, 0.4) is 0 Å². The molecule has 3 heteroatoms. The standard InChI is InChI=1S/C9H17NO2/c1-6(8-3-4-8)5-10-7(2)9(11)12/h6-8,10H,3-5H2,1-2H3,(H,11,12). The fourth-order valence-corrected chi connectivity index (χ4v) is 1.28. The molecule has 0 aromatic rings. The zero-order valence-electron chi connectivity index (χ0n) is 7.71. The van der Waals surface area contributed by atoms with Gasteiger partial charge in [0.05, 0.1) is 0 Å². The largest absolute Gasteiger partial charge is 0.480 e. The maximum Gasteiger partial charge on any atom is 0.320 e. The summed E-state index contributed by atoms with van der Waals surface area (Å²) in [5, 5.41) is 11.6. The summed E-state index contributed by atoms with van der Waals surface area (Å²) in [6, 6.07) is -0.411. The first-order valence-corrected chi connectivity index (χ1v) is 4.57. The third kappa shape index (κ3) is 2.81. The zero-order valence-corrected chi connectivity index (χ0v) is 7.71. The fourth-order valence-electron chi connectivity index (χ4n) is 1.28. The molecule has 70 valence electrons. The van der Waals surface area contributed by atoms with Crippen molar-refractivity contribution >= 4 is 5.97 Å². The maximum absolute atomic E-state index is 10.4. The lowest BCUT2D eigenvalue weighted by Crippen LogP contribution is -2.36. The molecule has 1 rings (SSSR count). The highest BCUT2D eigenvalue weighted by Gasteiger charge is 2.28. The second-order valence-electron chi connectivity index (χ2n) is 3.78. The van der Waals surface area contributed by atoms with Crippen LogP contribution >= 0.6 is 0 Å². The van der Waals surface area contributed by atoms with E-state index in [0.717, 1.165) is 12.5 Å². The number of aliphatic carboxylic acids is 1. The molecule has 1 aliphatic rings. The summed E-state index contributed by atoms with van der Waals surface area (Å²) in [5.41, 5.74) is 0. The third-order valence-corrected chi connectivity index (χ3v) is 2.54. The van der Waals surface area contributed by atoms with Crippen LogP contribution in [0.5, 0.6) is 0 Å². The van der Waals surface area contributed by atoms with Gasteiger partial charge in [0, 0.05) is 0 Å². The van der Waals surface area contributed by atoms with Gasteiger partial charge < -0.3 is 10.4 Å². The number of hydrogen-bond donors (Lipinski definition) is 2. The van der Waals surface area contributed by atoms with Crippen LogP contribution in [0.2, 0.25) is 0 Å². The van der Waals surface area contributed by atoms with E-state index >= 15 is 0 Å². The number of hydrogen-bond acceptors (Lipinski definition) is 2. The van der Waals surface area contributed by atoms with Crippen molar-refractivity contribution in [3.63, 3.8) is 0 Å². The van der Waals surface area contributed by atoms with Gasteiger partial charge in [0.2, 0.25) is 0 Å². The molecule has 0 radical (unpaired) electrons. The predicted molar refractivity (Wildman–Crippen MR) is 47.0 cm³/mol. The quantitative estimate of drug-likeness (QED) is 0.651. The van der Waals surface area contributed by atoms with Crippen molar-refractivity contribution in [2.24, 2.45) is 11.8 Å². The molecule has 0 bridgehead atoms. The van der Waals surface area contributed by atoms with Gasteiger partial charge in [-0.3, -0.25) is 4.79 Å². The molecule has 2 atom stereocenters. The summed E-state index contributed by atoms with van der Waals surface area (Å²) in [4.78, 5) is 10.4.